The molecule has 2 aromatic heterocycles. The summed E-state index contributed by atoms with van der Waals surface area (Å²) >= 11 is 2.95. The standard InChI is InChI=1S/C25H29N3O3S2/c1-3-13-28-24(30)22-19-11-7-8-12-20(19)33-23(22)26-25(28)32-17-21(29)27(14-15-31-2)16-18-9-5-4-6-10-18/h3-6,9-10H,1,7-8,11-17H2,2H3. The van der Waals surface area contributed by atoms with Gasteiger partial charge in [0.1, 0.15) is 4.83 Å². The number of thioether (sulfide) groups is 1. The van der Waals surface area contributed by atoms with E-state index in [1.165, 1.54) is 22.2 Å². The molecule has 0 spiro atoms. The molecule has 0 bridgehead atoms. The molecular formula is C25H29N3O3S2. The molecule has 4 rings (SSSR count). The SMILES string of the molecule is C=CCn1c(SCC(=O)N(CCOC)Cc2ccccc2)nc2sc3c(c2c1=O)CCCC3. The molecule has 0 radical (unpaired) electrons. The van der Waals surface area contributed by atoms with Crippen LogP contribution in [0.2, 0.25) is 0 Å². The molecule has 3 aromatic rings. The van der Waals surface area contributed by atoms with Crippen LogP contribution >= 0.6 is 23.1 Å². The molecule has 1 aliphatic rings. The molecule has 0 N–H and O–H groups in total. The zero-order valence-corrected chi connectivity index (χ0v) is 20.6. The van der Waals surface area contributed by atoms with E-state index >= 15 is 0 Å². The molecule has 8 heteroatoms. The van der Waals surface area contributed by atoms with Gasteiger partial charge in [-0.2, -0.15) is 0 Å². The predicted octanol–water partition coefficient (Wildman–Crippen LogP) is 4.29. The van der Waals surface area contributed by atoms with Gasteiger partial charge >= 0.3 is 0 Å². The van der Waals surface area contributed by atoms with Crippen molar-refractivity contribution in [2.75, 3.05) is 26.0 Å². The first kappa shape index (κ1) is 23.7. The molecule has 174 valence electrons. The van der Waals surface area contributed by atoms with E-state index in [0.29, 0.717) is 31.4 Å². The first-order valence-corrected chi connectivity index (χ1v) is 13.0. The number of allylic oxidation sites excluding steroid dienone is 1. The summed E-state index contributed by atoms with van der Waals surface area (Å²) in [4.78, 5) is 35.2. The highest BCUT2D eigenvalue weighted by Crippen LogP contribution is 2.34. The molecule has 0 fully saturated rings. The molecule has 0 atom stereocenters. The Balaban J connectivity index is 1.58. The van der Waals surface area contributed by atoms with Crippen LogP contribution in [0.4, 0.5) is 0 Å². The van der Waals surface area contributed by atoms with Crippen LogP contribution in [0.1, 0.15) is 28.8 Å². The highest BCUT2D eigenvalue weighted by Gasteiger charge is 2.23. The molecule has 2 heterocycles. The fraction of sp³-hybridized carbons (Fsp3) is 0.400. The zero-order valence-electron chi connectivity index (χ0n) is 18.9. The van der Waals surface area contributed by atoms with Gasteiger partial charge in [0.05, 0.1) is 17.7 Å². The first-order valence-electron chi connectivity index (χ1n) is 11.2. The van der Waals surface area contributed by atoms with Gasteiger partial charge < -0.3 is 9.64 Å². The average Bonchev–Trinajstić information content (AvgIpc) is 3.21. The van der Waals surface area contributed by atoms with Crippen molar-refractivity contribution < 1.29 is 9.53 Å². The normalized spacial score (nSPS) is 13.1. The number of nitrogens with zero attached hydrogens (tertiary/aromatic N) is 3. The molecule has 0 saturated heterocycles. The molecule has 1 aliphatic carbocycles. The van der Waals surface area contributed by atoms with E-state index in [-0.39, 0.29) is 17.2 Å². The molecule has 0 aliphatic heterocycles. The molecule has 6 nitrogen and oxygen atoms in total. The van der Waals surface area contributed by atoms with Crippen molar-refractivity contribution >= 4 is 39.2 Å². The Morgan fingerprint density at radius 2 is 2.09 bits per heavy atom. The van der Waals surface area contributed by atoms with Crippen LogP contribution in [0.15, 0.2) is 52.9 Å². The van der Waals surface area contributed by atoms with Gasteiger partial charge in [0.25, 0.3) is 5.56 Å². The topological polar surface area (TPSA) is 64.4 Å². The number of aryl methyl sites for hydroxylation is 2. The second kappa shape index (κ2) is 11.1. The second-order valence-corrected chi connectivity index (χ2v) is 10.1. The zero-order chi connectivity index (χ0) is 23.2. The lowest BCUT2D eigenvalue weighted by molar-refractivity contribution is -0.129. The van der Waals surface area contributed by atoms with Crippen LogP contribution in [0, 0.1) is 0 Å². The van der Waals surface area contributed by atoms with Gasteiger partial charge in [-0.05, 0) is 36.8 Å². The third kappa shape index (κ3) is 5.39. The Morgan fingerprint density at radius 3 is 2.85 bits per heavy atom. The lowest BCUT2D eigenvalue weighted by Crippen LogP contribution is -2.35. The van der Waals surface area contributed by atoms with Crippen molar-refractivity contribution in [1.82, 2.24) is 14.5 Å². The third-order valence-corrected chi connectivity index (χ3v) is 7.96. The summed E-state index contributed by atoms with van der Waals surface area (Å²) in [5, 5.41) is 1.34. The first-order chi connectivity index (χ1) is 16.1. The van der Waals surface area contributed by atoms with Gasteiger partial charge in [-0.3, -0.25) is 14.2 Å². The van der Waals surface area contributed by atoms with Crippen LogP contribution < -0.4 is 5.56 Å². The summed E-state index contributed by atoms with van der Waals surface area (Å²) in [5.41, 5.74) is 2.23. The van der Waals surface area contributed by atoms with E-state index in [0.717, 1.165) is 41.5 Å². The fourth-order valence-corrected chi connectivity index (χ4v) is 6.35. The van der Waals surface area contributed by atoms with E-state index in [1.807, 2.05) is 30.3 Å². The van der Waals surface area contributed by atoms with Crippen LogP contribution in [0.3, 0.4) is 0 Å². The van der Waals surface area contributed by atoms with Crippen LogP contribution in [0.5, 0.6) is 0 Å². The van der Waals surface area contributed by atoms with E-state index in [1.54, 1.807) is 34.0 Å². The third-order valence-electron chi connectivity index (χ3n) is 5.81. The van der Waals surface area contributed by atoms with Crippen LogP contribution in [-0.2, 0) is 35.5 Å². The summed E-state index contributed by atoms with van der Waals surface area (Å²) in [7, 11) is 1.63. The van der Waals surface area contributed by atoms with Crippen molar-refractivity contribution in [3.05, 3.63) is 69.3 Å². The number of carbonyl (C=O) groups is 1. The van der Waals surface area contributed by atoms with Crippen molar-refractivity contribution in [2.45, 2.75) is 43.9 Å². The Bertz CT molecular complexity index is 1190. The highest BCUT2D eigenvalue weighted by molar-refractivity contribution is 7.99. The van der Waals surface area contributed by atoms with Gasteiger partial charge in [-0.25, -0.2) is 4.98 Å². The molecule has 33 heavy (non-hydrogen) atoms. The van der Waals surface area contributed by atoms with Crippen molar-refractivity contribution in [1.29, 1.82) is 0 Å². The van der Waals surface area contributed by atoms with E-state index in [9.17, 15) is 9.59 Å². The molecule has 1 aromatic carbocycles. The number of rotatable bonds is 10. The number of fused-ring (bicyclic) bond motifs is 3. The number of methoxy groups -OCH3 is 1. The van der Waals surface area contributed by atoms with Crippen molar-refractivity contribution in [2.24, 2.45) is 0 Å². The van der Waals surface area contributed by atoms with Gasteiger partial charge in [0.2, 0.25) is 5.91 Å². The quantitative estimate of drug-likeness (QED) is 0.245. The number of carbonyl (C=O) groups excluding carboxylic acids is 1. The maximum Gasteiger partial charge on any atom is 0.263 e. The Hall–Kier alpha value is -2.42. The summed E-state index contributed by atoms with van der Waals surface area (Å²) < 4.78 is 6.87. The monoisotopic (exact) mass is 483 g/mol. The number of aromatic nitrogens is 2. The number of thiophene rings is 1. The molecule has 0 saturated carbocycles. The van der Waals surface area contributed by atoms with E-state index < -0.39 is 0 Å². The van der Waals surface area contributed by atoms with Crippen molar-refractivity contribution in [3.8, 4) is 0 Å². The van der Waals surface area contributed by atoms with Gasteiger partial charge in [0, 0.05) is 31.6 Å². The lowest BCUT2D eigenvalue weighted by atomic mass is 9.97. The summed E-state index contributed by atoms with van der Waals surface area (Å²) in [6, 6.07) is 9.92. The summed E-state index contributed by atoms with van der Waals surface area (Å²) in [6.45, 7) is 5.69. The summed E-state index contributed by atoms with van der Waals surface area (Å²) in [6.07, 6.45) is 5.95. The maximum absolute atomic E-state index is 13.4. The van der Waals surface area contributed by atoms with Gasteiger partial charge in [-0.1, -0.05) is 48.2 Å². The number of hydrogen-bond donors (Lipinski definition) is 0. The maximum atomic E-state index is 13.4. The second-order valence-electron chi connectivity index (χ2n) is 8.07. The highest BCUT2D eigenvalue weighted by atomic mass is 32.2. The average molecular weight is 484 g/mol. The minimum Gasteiger partial charge on any atom is -0.383 e. The van der Waals surface area contributed by atoms with Crippen LogP contribution in [0.25, 0.3) is 10.2 Å². The number of hydrogen-bond acceptors (Lipinski definition) is 6. The van der Waals surface area contributed by atoms with E-state index in [4.69, 9.17) is 9.72 Å². The Morgan fingerprint density at radius 1 is 1.30 bits per heavy atom. The Kier molecular flexibility index (Phi) is 8.01. The van der Waals surface area contributed by atoms with Crippen molar-refractivity contribution in [3.63, 3.8) is 0 Å². The minimum absolute atomic E-state index is 0.00845. The minimum atomic E-state index is -0.0187. The fourth-order valence-electron chi connectivity index (χ4n) is 4.13. The molecule has 1 amide bonds. The predicted molar refractivity (Wildman–Crippen MR) is 135 cm³/mol. The summed E-state index contributed by atoms with van der Waals surface area (Å²) in [5.74, 6) is 0.197. The molecular weight excluding hydrogens is 454 g/mol. The van der Waals surface area contributed by atoms with Gasteiger partial charge in [-0.15, -0.1) is 17.9 Å². The lowest BCUT2D eigenvalue weighted by Gasteiger charge is -2.22. The number of ether oxygens (including phenoxy) is 1. The Labute approximate surface area is 202 Å². The number of benzene rings is 1. The van der Waals surface area contributed by atoms with Crippen LogP contribution in [-0.4, -0.2) is 46.4 Å². The van der Waals surface area contributed by atoms with Gasteiger partial charge in [0.15, 0.2) is 5.16 Å². The molecule has 0 unspecified atom stereocenters. The smallest absolute Gasteiger partial charge is 0.263 e. The largest absolute Gasteiger partial charge is 0.383 e. The van der Waals surface area contributed by atoms with E-state index in [2.05, 4.69) is 6.58 Å². The number of amides is 1.